The number of carbonyl (C=O) groups excluding carboxylic acids is 1. The van der Waals surface area contributed by atoms with E-state index in [0.717, 1.165) is 34.0 Å². The van der Waals surface area contributed by atoms with Crippen LogP contribution in [0.4, 0.5) is 0 Å². The predicted octanol–water partition coefficient (Wildman–Crippen LogP) is 4.57. The largest absolute Gasteiger partial charge is 0.354 e. The van der Waals surface area contributed by atoms with Gasteiger partial charge in [0, 0.05) is 16.5 Å². The van der Waals surface area contributed by atoms with Gasteiger partial charge in [-0.2, -0.15) is 0 Å². The number of H-pyrrole nitrogens is 1. The van der Waals surface area contributed by atoms with Crippen LogP contribution in [-0.2, 0) is 0 Å². The van der Waals surface area contributed by atoms with Crippen molar-refractivity contribution in [2.45, 2.75) is 20.8 Å². The average Bonchev–Trinajstić information content (AvgIpc) is 2.82. The Morgan fingerprint density at radius 1 is 1.05 bits per heavy atom. The summed E-state index contributed by atoms with van der Waals surface area (Å²) in [6.45, 7) is 6.23. The van der Waals surface area contributed by atoms with Gasteiger partial charge in [0.2, 0.25) is 0 Å². The summed E-state index contributed by atoms with van der Waals surface area (Å²) < 4.78 is 0. The van der Waals surface area contributed by atoms with Crippen LogP contribution in [0, 0.1) is 20.8 Å². The van der Waals surface area contributed by atoms with E-state index in [0.29, 0.717) is 0 Å². The molecule has 3 aromatic rings. The molecule has 3 rings (SSSR count). The van der Waals surface area contributed by atoms with Crippen LogP contribution in [0.1, 0.15) is 27.0 Å². The van der Waals surface area contributed by atoms with Crippen LogP contribution in [0.2, 0.25) is 0 Å². The van der Waals surface area contributed by atoms with Gasteiger partial charge in [-0.15, -0.1) is 0 Å². The zero-order valence-corrected chi connectivity index (χ0v) is 11.9. The van der Waals surface area contributed by atoms with Crippen molar-refractivity contribution in [1.82, 2.24) is 4.98 Å². The molecule has 0 atom stereocenters. The zero-order chi connectivity index (χ0) is 14.3. The summed E-state index contributed by atoms with van der Waals surface area (Å²) in [6, 6.07) is 12.3. The van der Waals surface area contributed by atoms with Gasteiger partial charge in [0.05, 0.1) is 5.69 Å². The Labute approximate surface area is 118 Å². The van der Waals surface area contributed by atoms with Gasteiger partial charge in [-0.05, 0) is 43.5 Å². The lowest BCUT2D eigenvalue weighted by molar-refractivity contribution is 0.112. The maximum absolute atomic E-state index is 11.5. The average molecular weight is 263 g/mol. The Morgan fingerprint density at radius 3 is 2.55 bits per heavy atom. The van der Waals surface area contributed by atoms with E-state index in [4.69, 9.17) is 0 Å². The van der Waals surface area contributed by atoms with E-state index in [2.05, 4.69) is 44.0 Å². The molecule has 0 unspecified atom stereocenters. The highest BCUT2D eigenvalue weighted by Gasteiger charge is 2.14. The first kappa shape index (κ1) is 12.7. The smallest absolute Gasteiger partial charge is 0.152 e. The van der Waals surface area contributed by atoms with E-state index in [1.807, 2.05) is 18.2 Å². The molecule has 0 fully saturated rings. The lowest BCUT2D eigenvalue weighted by Crippen LogP contribution is -1.85. The summed E-state index contributed by atoms with van der Waals surface area (Å²) in [7, 11) is 0. The van der Waals surface area contributed by atoms with Gasteiger partial charge in [0.25, 0.3) is 0 Å². The maximum atomic E-state index is 11.5. The molecule has 0 bridgehead atoms. The number of aryl methyl sites for hydroxylation is 3. The van der Waals surface area contributed by atoms with Gasteiger partial charge in [0.15, 0.2) is 6.29 Å². The number of hydrogen-bond acceptors (Lipinski definition) is 1. The summed E-state index contributed by atoms with van der Waals surface area (Å²) in [5.74, 6) is 0. The predicted molar refractivity (Wildman–Crippen MR) is 83.3 cm³/mol. The number of fused-ring (bicyclic) bond motifs is 1. The molecule has 1 heterocycles. The highest BCUT2D eigenvalue weighted by Crippen LogP contribution is 2.32. The highest BCUT2D eigenvalue weighted by molar-refractivity contribution is 6.05. The van der Waals surface area contributed by atoms with Crippen LogP contribution in [0.5, 0.6) is 0 Å². The number of aromatic nitrogens is 1. The monoisotopic (exact) mass is 263 g/mol. The van der Waals surface area contributed by atoms with Crippen molar-refractivity contribution in [3.05, 3.63) is 58.7 Å². The molecule has 0 aliphatic carbocycles. The number of aldehydes is 1. The first-order valence-corrected chi connectivity index (χ1v) is 6.76. The summed E-state index contributed by atoms with van der Waals surface area (Å²) in [5, 5.41) is 1.000. The molecule has 0 aliphatic rings. The molecule has 1 aromatic heterocycles. The Morgan fingerprint density at radius 2 is 1.85 bits per heavy atom. The molecule has 0 aliphatic heterocycles. The lowest BCUT2D eigenvalue weighted by Gasteiger charge is -2.01. The molecule has 1 N–H and O–H groups in total. The second-order valence-electron chi connectivity index (χ2n) is 5.33. The van der Waals surface area contributed by atoms with Gasteiger partial charge >= 0.3 is 0 Å². The molecule has 100 valence electrons. The Hall–Kier alpha value is -2.35. The minimum absolute atomic E-state index is 0.744. The fraction of sp³-hybridized carbons (Fsp3) is 0.167. The molecule has 20 heavy (non-hydrogen) atoms. The molecular formula is C18H17NO. The minimum atomic E-state index is 0.744. The van der Waals surface area contributed by atoms with Crippen molar-refractivity contribution in [2.24, 2.45) is 0 Å². The third-order valence-corrected chi connectivity index (χ3v) is 3.97. The fourth-order valence-electron chi connectivity index (χ4n) is 2.68. The van der Waals surface area contributed by atoms with Crippen molar-refractivity contribution in [2.75, 3.05) is 0 Å². The lowest BCUT2D eigenvalue weighted by atomic mass is 10.0. The van der Waals surface area contributed by atoms with Gasteiger partial charge in [-0.1, -0.05) is 35.9 Å². The molecule has 0 radical (unpaired) electrons. The van der Waals surface area contributed by atoms with Gasteiger partial charge in [-0.3, -0.25) is 4.79 Å². The summed E-state index contributed by atoms with van der Waals surface area (Å²) in [4.78, 5) is 15.0. The number of aromatic amines is 1. The standard InChI is InChI=1S/C18H17NO/c1-11-5-4-6-14(9-11)18-16(10-20)15-8-7-12(2)13(3)17(15)19-18/h4-10,19H,1-3H3. The molecular weight excluding hydrogens is 246 g/mol. The zero-order valence-electron chi connectivity index (χ0n) is 11.9. The Balaban J connectivity index is 2.36. The van der Waals surface area contributed by atoms with Crippen molar-refractivity contribution >= 4 is 17.2 Å². The highest BCUT2D eigenvalue weighted by atomic mass is 16.1. The first-order chi connectivity index (χ1) is 9.61. The maximum Gasteiger partial charge on any atom is 0.152 e. The van der Waals surface area contributed by atoms with E-state index in [1.54, 1.807) is 0 Å². The molecule has 0 saturated heterocycles. The first-order valence-electron chi connectivity index (χ1n) is 6.76. The van der Waals surface area contributed by atoms with E-state index in [9.17, 15) is 4.79 Å². The third kappa shape index (κ3) is 1.85. The van der Waals surface area contributed by atoms with E-state index >= 15 is 0 Å². The number of rotatable bonds is 2. The second-order valence-corrected chi connectivity index (χ2v) is 5.33. The van der Waals surface area contributed by atoms with Crippen LogP contribution in [0.15, 0.2) is 36.4 Å². The molecule has 0 saturated carbocycles. The normalized spacial score (nSPS) is 10.9. The number of carbonyl (C=O) groups is 1. The van der Waals surface area contributed by atoms with Gasteiger partial charge in [0.1, 0.15) is 0 Å². The van der Waals surface area contributed by atoms with Crippen LogP contribution in [0.25, 0.3) is 22.2 Å². The third-order valence-electron chi connectivity index (χ3n) is 3.97. The number of nitrogens with one attached hydrogen (secondary N) is 1. The number of benzene rings is 2. The topological polar surface area (TPSA) is 32.9 Å². The Bertz CT molecular complexity index is 812. The fourth-order valence-corrected chi connectivity index (χ4v) is 2.68. The molecule has 2 heteroatoms. The molecule has 0 spiro atoms. The van der Waals surface area contributed by atoms with Crippen molar-refractivity contribution < 1.29 is 4.79 Å². The van der Waals surface area contributed by atoms with Crippen LogP contribution >= 0.6 is 0 Å². The van der Waals surface area contributed by atoms with Crippen molar-refractivity contribution in [1.29, 1.82) is 0 Å². The number of hydrogen-bond donors (Lipinski definition) is 1. The molecule has 0 amide bonds. The van der Waals surface area contributed by atoms with Crippen LogP contribution < -0.4 is 0 Å². The molecule has 2 aromatic carbocycles. The SMILES string of the molecule is Cc1cccc(-c2[nH]c3c(C)c(C)ccc3c2C=O)c1. The van der Waals surface area contributed by atoms with Crippen molar-refractivity contribution in [3.8, 4) is 11.3 Å². The summed E-state index contributed by atoms with van der Waals surface area (Å²) in [5.41, 5.74) is 7.38. The molecule has 2 nitrogen and oxygen atoms in total. The van der Waals surface area contributed by atoms with Gasteiger partial charge < -0.3 is 4.98 Å². The second kappa shape index (κ2) is 4.64. The van der Waals surface area contributed by atoms with Crippen LogP contribution in [0.3, 0.4) is 0 Å². The van der Waals surface area contributed by atoms with Gasteiger partial charge in [-0.25, -0.2) is 0 Å². The van der Waals surface area contributed by atoms with E-state index < -0.39 is 0 Å². The summed E-state index contributed by atoms with van der Waals surface area (Å²) >= 11 is 0. The van der Waals surface area contributed by atoms with Crippen LogP contribution in [-0.4, -0.2) is 11.3 Å². The van der Waals surface area contributed by atoms with E-state index in [-0.39, 0.29) is 0 Å². The quantitative estimate of drug-likeness (QED) is 0.675. The van der Waals surface area contributed by atoms with E-state index in [1.165, 1.54) is 16.7 Å². The summed E-state index contributed by atoms with van der Waals surface area (Å²) in [6.07, 6.45) is 0.950. The Kier molecular flexibility index (Phi) is 2.94. The minimum Gasteiger partial charge on any atom is -0.354 e. The van der Waals surface area contributed by atoms with Crippen molar-refractivity contribution in [3.63, 3.8) is 0 Å².